The van der Waals surface area contributed by atoms with Gasteiger partial charge in [0.15, 0.2) is 5.78 Å². The summed E-state index contributed by atoms with van der Waals surface area (Å²) in [5, 5.41) is 10.3. The Kier molecular flexibility index (Phi) is 3.43. The highest BCUT2D eigenvalue weighted by Crippen LogP contribution is 2.25. The van der Waals surface area contributed by atoms with Crippen molar-refractivity contribution in [2.24, 2.45) is 0 Å². The van der Waals surface area contributed by atoms with Gasteiger partial charge < -0.3 is 0 Å². The van der Waals surface area contributed by atoms with Gasteiger partial charge in [0.05, 0.1) is 10.8 Å². The summed E-state index contributed by atoms with van der Waals surface area (Å²) in [7, 11) is 0. The normalized spacial score (nSPS) is 9.86. The lowest BCUT2D eigenvalue weighted by Crippen LogP contribution is -2.00. The van der Waals surface area contributed by atoms with Crippen molar-refractivity contribution in [2.45, 2.75) is 0 Å². The molecule has 0 heterocycles. The number of alkyl halides is 1. The van der Waals surface area contributed by atoms with Crippen LogP contribution in [0.4, 0.5) is 5.69 Å². The van der Waals surface area contributed by atoms with E-state index in [4.69, 9.17) is 23.2 Å². The molecule has 0 aliphatic heterocycles. The number of carbonyl (C=O) groups excluding carboxylic acids is 1. The third-order valence-electron chi connectivity index (χ3n) is 1.59. The third-order valence-corrected chi connectivity index (χ3v) is 2.13. The van der Waals surface area contributed by atoms with Crippen molar-refractivity contribution in [3.05, 3.63) is 38.9 Å². The first kappa shape index (κ1) is 10.9. The Morgan fingerprint density at radius 3 is 2.57 bits per heavy atom. The van der Waals surface area contributed by atoms with Crippen molar-refractivity contribution in [3.8, 4) is 0 Å². The first-order chi connectivity index (χ1) is 6.56. The number of nitro benzene ring substituents is 1. The second-order valence-electron chi connectivity index (χ2n) is 2.48. The Morgan fingerprint density at radius 1 is 1.50 bits per heavy atom. The summed E-state index contributed by atoms with van der Waals surface area (Å²) in [4.78, 5) is 20.9. The maximum Gasteiger partial charge on any atom is 0.287 e. The van der Waals surface area contributed by atoms with Gasteiger partial charge in [-0.15, -0.1) is 11.6 Å². The zero-order chi connectivity index (χ0) is 10.7. The summed E-state index contributed by atoms with van der Waals surface area (Å²) in [6.45, 7) is 0. The second kappa shape index (κ2) is 4.39. The number of hydrogen-bond donors (Lipinski definition) is 0. The fourth-order valence-electron chi connectivity index (χ4n) is 0.906. The van der Waals surface area contributed by atoms with Crippen LogP contribution >= 0.6 is 23.2 Å². The van der Waals surface area contributed by atoms with Crippen molar-refractivity contribution in [1.29, 1.82) is 0 Å². The molecular formula is C8H5Cl2NO3. The minimum absolute atomic E-state index is 0.0639. The van der Waals surface area contributed by atoms with Crippen LogP contribution in [0, 0.1) is 10.1 Å². The van der Waals surface area contributed by atoms with Crippen LogP contribution in [0.25, 0.3) is 0 Å². The quantitative estimate of drug-likeness (QED) is 0.349. The van der Waals surface area contributed by atoms with E-state index in [1.807, 2.05) is 0 Å². The van der Waals surface area contributed by atoms with E-state index in [9.17, 15) is 14.9 Å². The predicted molar refractivity (Wildman–Crippen MR) is 53.2 cm³/mol. The van der Waals surface area contributed by atoms with Crippen LogP contribution in [0.3, 0.4) is 0 Å². The second-order valence-corrected chi connectivity index (χ2v) is 3.15. The molecule has 0 aromatic heterocycles. The molecule has 0 amide bonds. The molecule has 0 aliphatic rings. The number of hydrogen-bond acceptors (Lipinski definition) is 3. The van der Waals surface area contributed by atoms with E-state index >= 15 is 0 Å². The Balaban J connectivity index is 3.12. The number of nitro groups is 1. The molecule has 0 radical (unpaired) electrons. The summed E-state index contributed by atoms with van der Waals surface area (Å²) in [6, 6.07) is 3.75. The van der Waals surface area contributed by atoms with E-state index in [0.717, 1.165) is 0 Å². The highest BCUT2D eigenvalue weighted by Gasteiger charge is 2.14. The van der Waals surface area contributed by atoms with Gasteiger partial charge in [0, 0.05) is 11.6 Å². The van der Waals surface area contributed by atoms with Gasteiger partial charge in [-0.2, -0.15) is 0 Å². The first-order valence-corrected chi connectivity index (χ1v) is 4.50. The lowest BCUT2D eigenvalue weighted by atomic mass is 10.1. The summed E-state index contributed by atoms with van der Waals surface area (Å²) in [6.07, 6.45) is 0. The van der Waals surface area contributed by atoms with Crippen molar-refractivity contribution in [2.75, 3.05) is 5.88 Å². The third kappa shape index (κ3) is 2.21. The molecule has 0 saturated carbocycles. The number of ketones is 1. The van der Waals surface area contributed by atoms with Crippen molar-refractivity contribution in [1.82, 2.24) is 0 Å². The topological polar surface area (TPSA) is 60.2 Å². The van der Waals surface area contributed by atoms with Crippen molar-refractivity contribution < 1.29 is 9.72 Å². The number of carbonyl (C=O) groups is 1. The highest BCUT2D eigenvalue weighted by molar-refractivity contribution is 6.34. The molecule has 14 heavy (non-hydrogen) atoms. The van der Waals surface area contributed by atoms with Gasteiger partial charge in [0.2, 0.25) is 0 Å². The van der Waals surface area contributed by atoms with Crippen LogP contribution in [0.2, 0.25) is 5.02 Å². The molecule has 0 unspecified atom stereocenters. The van der Waals surface area contributed by atoms with E-state index in [1.165, 1.54) is 18.2 Å². The molecule has 74 valence electrons. The molecule has 1 aromatic rings. The summed E-state index contributed by atoms with van der Waals surface area (Å²) >= 11 is 10.9. The fourth-order valence-corrected chi connectivity index (χ4v) is 1.31. The molecule has 0 fully saturated rings. The monoisotopic (exact) mass is 233 g/mol. The fraction of sp³-hybridized carbons (Fsp3) is 0.125. The van der Waals surface area contributed by atoms with E-state index in [2.05, 4.69) is 0 Å². The molecule has 0 saturated heterocycles. The maximum absolute atomic E-state index is 11.1. The van der Waals surface area contributed by atoms with Gasteiger partial charge >= 0.3 is 0 Å². The van der Waals surface area contributed by atoms with Gasteiger partial charge in [-0.3, -0.25) is 14.9 Å². The standard InChI is InChI=1S/C8H5Cl2NO3/c9-4-8(12)5-1-2-7(11(13)14)6(10)3-5/h1-3H,4H2. The molecule has 6 heteroatoms. The minimum atomic E-state index is -0.614. The molecule has 0 N–H and O–H groups in total. The summed E-state index contributed by atoms with van der Waals surface area (Å²) in [5.74, 6) is -0.489. The molecule has 1 rings (SSSR count). The number of Topliss-reactive ketones (excluding diaryl/α,β-unsaturated/α-hetero) is 1. The summed E-state index contributed by atoms with van der Waals surface area (Å²) in [5.41, 5.74) is 0.0494. The Labute approximate surface area is 89.6 Å². The average Bonchev–Trinajstić information content (AvgIpc) is 2.15. The molecule has 4 nitrogen and oxygen atoms in total. The first-order valence-electron chi connectivity index (χ1n) is 3.59. The zero-order valence-corrected chi connectivity index (χ0v) is 8.38. The zero-order valence-electron chi connectivity index (χ0n) is 6.87. The molecule has 0 spiro atoms. The molecular weight excluding hydrogens is 229 g/mol. The van der Waals surface area contributed by atoms with Crippen LogP contribution in [-0.2, 0) is 0 Å². The van der Waals surface area contributed by atoms with E-state index in [1.54, 1.807) is 0 Å². The average molecular weight is 234 g/mol. The molecule has 0 bridgehead atoms. The number of nitrogens with zero attached hydrogens (tertiary/aromatic N) is 1. The lowest BCUT2D eigenvalue weighted by molar-refractivity contribution is -0.384. The molecule has 0 atom stereocenters. The largest absolute Gasteiger partial charge is 0.293 e. The highest BCUT2D eigenvalue weighted by atomic mass is 35.5. The van der Waals surface area contributed by atoms with E-state index in [-0.39, 0.29) is 27.9 Å². The van der Waals surface area contributed by atoms with Crippen LogP contribution in [0.5, 0.6) is 0 Å². The number of benzene rings is 1. The Bertz CT molecular complexity index is 392. The van der Waals surface area contributed by atoms with Crippen molar-refractivity contribution >= 4 is 34.7 Å². The maximum atomic E-state index is 11.1. The van der Waals surface area contributed by atoms with Gasteiger partial charge in [-0.05, 0) is 12.1 Å². The van der Waals surface area contributed by atoms with Crippen LogP contribution < -0.4 is 0 Å². The van der Waals surface area contributed by atoms with E-state index in [0.29, 0.717) is 0 Å². The Hall–Kier alpha value is -1.13. The van der Waals surface area contributed by atoms with Crippen molar-refractivity contribution in [3.63, 3.8) is 0 Å². The molecule has 1 aromatic carbocycles. The minimum Gasteiger partial charge on any atom is -0.293 e. The Morgan fingerprint density at radius 2 is 2.14 bits per heavy atom. The van der Waals surface area contributed by atoms with Gasteiger partial charge in [0.1, 0.15) is 5.02 Å². The van der Waals surface area contributed by atoms with Gasteiger partial charge in [-0.25, -0.2) is 0 Å². The number of rotatable bonds is 3. The predicted octanol–water partition coefficient (Wildman–Crippen LogP) is 2.67. The van der Waals surface area contributed by atoms with Gasteiger partial charge in [0.25, 0.3) is 5.69 Å². The lowest BCUT2D eigenvalue weighted by Gasteiger charge is -1.98. The van der Waals surface area contributed by atoms with Crippen LogP contribution in [0.1, 0.15) is 10.4 Å². The van der Waals surface area contributed by atoms with E-state index < -0.39 is 4.92 Å². The summed E-state index contributed by atoms with van der Waals surface area (Å²) < 4.78 is 0. The SMILES string of the molecule is O=C(CCl)c1ccc([N+](=O)[O-])c(Cl)c1. The smallest absolute Gasteiger partial charge is 0.287 e. The van der Waals surface area contributed by atoms with Crippen LogP contribution in [-0.4, -0.2) is 16.6 Å². The van der Waals surface area contributed by atoms with Gasteiger partial charge in [-0.1, -0.05) is 11.6 Å². The number of halogens is 2. The molecule has 0 aliphatic carbocycles. The van der Waals surface area contributed by atoms with Crippen LogP contribution in [0.15, 0.2) is 18.2 Å².